The average Bonchev–Trinajstić information content (AvgIpc) is 2.65. The third-order valence-electron chi connectivity index (χ3n) is 2.83. The Balaban J connectivity index is 2.17. The van der Waals surface area contributed by atoms with Crippen LogP contribution in [0.4, 0.5) is 4.39 Å². The van der Waals surface area contributed by atoms with Gasteiger partial charge in [0.1, 0.15) is 5.82 Å². The van der Waals surface area contributed by atoms with E-state index >= 15 is 0 Å². The molecular formula is C14H7FO3. The number of hydrogen-bond donors (Lipinski definition) is 0. The smallest absolute Gasteiger partial charge is 0.346 e. The van der Waals surface area contributed by atoms with Crippen LogP contribution in [0.2, 0.25) is 0 Å². The van der Waals surface area contributed by atoms with E-state index in [0.29, 0.717) is 11.1 Å². The van der Waals surface area contributed by atoms with Gasteiger partial charge in [-0.15, -0.1) is 0 Å². The van der Waals surface area contributed by atoms with E-state index in [1.54, 1.807) is 24.3 Å². The van der Waals surface area contributed by atoms with E-state index in [-0.39, 0.29) is 16.9 Å². The lowest BCUT2D eigenvalue weighted by molar-refractivity contribution is 0.0444. The average molecular weight is 242 g/mol. The minimum absolute atomic E-state index is 0.181. The van der Waals surface area contributed by atoms with E-state index < -0.39 is 11.9 Å². The van der Waals surface area contributed by atoms with Gasteiger partial charge in [0.2, 0.25) is 0 Å². The molecule has 2 aromatic rings. The molecule has 0 fully saturated rings. The number of carbonyl (C=O) groups excluding carboxylic acids is 2. The Hall–Kier alpha value is -2.49. The molecule has 1 aliphatic rings. The highest BCUT2D eigenvalue weighted by molar-refractivity contribution is 6.15. The predicted molar refractivity (Wildman–Crippen MR) is 61.6 cm³/mol. The molecule has 1 aliphatic heterocycles. The summed E-state index contributed by atoms with van der Waals surface area (Å²) in [6, 6.07) is 10.8. The summed E-state index contributed by atoms with van der Waals surface area (Å²) in [6.07, 6.45) is 0. The van der Waals surface area contributed by atoms with E-state index in [1.807, 2.05) is 0 Å². The molecule has 0 saturated carbocycles. The minimum Gasteiger partial charge on any atom is -0.386 e. The largest absolute Gasteiger partial charge is 0.386 e. The molecule has 0 spiro atoms. The van der Waals surface area contributed by atoms with Crippen LogP contribution in [0.5, 0.6) is 0 Å². The second kappa shape index (κ2) is 3.77. The summed E-state index contributed by atoms with van der Waals surface area (Å²) in [5, 5.41) is 0. The van der Waals surface area contributed by atoms with Crippen LogP contribution < -0.4 is 0 Å². The van der Waals surface area contributed by atoms with Crippen molar-refractivity contribution in [3.63, 3.8) is 0 Å². The van der Waals surface area contributed by atoms with E-state index in [4.69, 9.17) is 0 Å². The van der Waals surface area contributed by atoms with E-state index in [2.05, 4.69) is 4.74 Å². The molecule has 0 saturated heterocycles. The van der Waals surface area contributed by atoms with Crippen molar-refractivity contribution in [2.24, 2.45) is 0 Å². The number of ether oxygens (including phenoxy) is 1. The number of halogens is 1. The Morgan fingerprint density at radius 2 is 1.56 bits per heavy atom. The summed E-state index contributed by atoms with van der Waals surface area (Å²) in [7, 11) is 0. The van der Waals surface area contributed by atoms with Crippen LogP contribution in [-0.4, -0.2) is 11.9 Å². The van der Waals surface area contributed by atoms with Gasteiger partial charge in [0, 0.05) is 5.56 Å². The van der Waals surface area contributed by atoms with Crippen molar-refractivity contribution in [3.05, 3.63) is 59.4 Å². The summed E-state index contributed by atoms with van der Waals surface area (Å²) in [4.78, 5) is 22.7. The van der Waals surface area contributed by atoms with Gasteiger partial charge >= 0.3 is 11.9 Å². The highest BCUT2D eigenvalue weighted by atomic mass is 19.1. The molecule has 18 heavy (non-hydrogen) atoms. The number of cyclic esters (lactones) is 2. The highest BCUT2D eigenvalue weighted by Gasteiger charge is 2.29. The van der Waals surface area contributed by atoms with E-state index in [1.165, 1.54) is 18.2 Å². The molecule has 4 heteroatoms. The molecule has 3 nitrogen and oxygen atoms in total. The second-order valence-corrected chi connectivity index (χ2v) is 3.92. The van der Waals surface area contributed by atoms with Gasteiger partial charge in [-0.3, -0.25) is 0 Å². The van der Waals surface area contributed by atoms with Crippen LogP contribution in [0.1, 0.15) is 20.7 Å². The molecule has 0 amide bonds. The molecule has 3 rings (SSSR count). The molecular weight excluding hydrogens is 235 g/mol. The molecule has 88 valence electrons. The van der Waals surface area contributed by atoms with Crippen LogP contribution in [0.15, 0.2) is 42.5 Å². The summed E-state index contributed by atoms with van der Waals surface area (Å²) >= 11 is 0. The van der Waals surface area contributed by atoms with Crippen LogP contribution in [0.25, 0.3) is 11.1 Å². The van der Waals surface area contributed by atoms with Crippen molar-refractivity contribution >= 4 is 11.9 Å². The molecule has 0 N–H and O–H groups in total. The van der Waals surface area contributed by atoms with Crippen LogP contribution in [0, 0.1) is 5.82 Å². The molecule has 2 aromatic carbocycles. The van der Waals surface area contributed by atoms with Crippen molar-refractivity contribution in [2.45, 2.75) is 0 Å². The fourth-order valence-corrected chi connectivity index (χ4v) is 1.95. The van der Waals surface area contributed by atoms with Gasteiger partial charge in [-0.1, -0.05) is 24.3 Å². The van der Waals surface area contributed by atoms with Crippen LogP contribution in [0.3, 0.4) is 0 Å². The zero-order valence-electron chi connectivity index (χ0n) is 9.14. The fraction of sp³-hybridized carbons (Fsp3) is 0. The Labute approximate surface area is 102 Å². The number of hydrogen-bond acceptors (Lipinski definition) is 3. The standard InChI is InChI=1S/C14H7FO3/c15-12-4-2-1-3-9(12)8-5-6-10-11(7-8)14(17)18-13(10)16/h1-7H. The van der Waals surface area contributed by atoms with Crippen LogP contribution >= 0.6 is 0 Å². The third-order valence-corrected chi connectivity index (χ3v) is 2.83. The van der Waals surface area contributed by atoms with Crippen LogP contribution in [-0.2, 0) is 4.74 Å². The first-order valence-electron chi connectivity index (χ1n) is 5.32. The zero-order valence-corrected chi connectivity index (χ0v) is 9.14. The number of fused-ring (bicyclic) bond motifs is 1. The second-order valence-electron chi connectivity index (χ2n) is 3.92. The van der Waals surface area contributed by atoms with Gasteiger partial charge in [-0.2, -0.15) is 0 Å². The maximum Gasteiger partial charge on any atom is 0.346 e. The Kier molecular flexibility index (Phi) is 2.23. The van der Waals surface area contributed by atoms with E-state index in [9.17, 15) is 14.0 Å². The molecule has 1 heterocycles. The lowest BCUT2D eigenvalue weighted by Gasteiger charge is -2.03. The quantitative estimate of drug-likeness (QED) is 0.570. The van der Waals surface area contributed by atoms with Crippen molar-refractivity contribution in [2.75, 3.05) is 0 Å². The molecule has 0 bridgehead atoms. The van der Waals surface area contributed by atoms with Gasteiger partial charge in [-0.25, -0.2) is 14.0 Å². The number of esters is 2. The first kappa shape index (κ1) is 10.7. The normalized spacial score (nSPS) is 13.4. The Bertz CT molecular complexity index is 676. The van der Waals surface area contributed by atoms with Crippen molar-refractivity contribution in [1.29, 1.82) is 0 Å². The van der Waals surface area contributed by atoms with Crippen molar-refractivity contribution in [3.8, 4) is 11.1 Å². The number of rotatable bonds is 1. The van der Waals surface area contributed by atoms with Gasteiger partial charge in [-0.05, 0) is 23.8 Å². The summed E-state index contributed by atoms with van der Waals surface area (Å²) < 4.78 is 18.1. The Morgan fingerprint density at radius 1 is 0.833 bits per heavy atom. The monoisotopic (exact) mass is 242 g/mol. The minimum atomic E-state index is -0.687. The van der Waals surface area contributed by atoms with Crippen molar-refractivity contribution in [1.82, 2.24) is 0 Å². The maximum absolute atomic E-state index is 13.6. The lowest BCUT2D eigenvalue weighted by Crippen LogP contribution is -1.96. The fourth-order valence-electron chi connectivity index (χ4n) is 1.95. The molecule has 0 aromatic heterocycles. The maximum atomic E-state index is 13.6. The Morgan fingerprint density at radius 3 is 2.33 bits per heavy atom. The molecule has 0 aliphatic carbocycles. The predicted octanol–water partition coefficient (Wildman–Crippen LogP) is 2.80. The third kappa shape index (κ3) is 1.50. The summed E-state index contributed by atoms with van der Waals surface area (Å²) in [5.74, 6) is -1.72. The summed E-state index contributed by atoms with van der Waals surface area (Å²) in [5.41, 5.74) is 1.33. The van der Waals surface area contributed by atoms with Gasteiger partial charge in [0.15, 0.2) is 0 Å². The lowest BCUT2D eigenvalue weighted by atomic mass is 10.00. The number of carbonyl (C=O) groups is 2. The number of benzene rings is 2. The molecule has 0 radical (unpaired) electrons. The molecule has 0 unspecified atom stereocenters. The summed E-state index contributed by atoms with van der Waals surface area (Å²) in [6.45, 7) is 0. The van der Waals surface area contributed by atoms with Gasteiger partial charge in [0.05, 0.1) is 11.1 Å². The topological polar surface area (TPSA) is 43.4 Å². The van der Waals surface area contributed by atoms with Gasteiger partial charge < -0.3 is 4.74 Å². The SMILES string of the molecule is O=C1OC(=O)c2cc(-c3ccccc3F)ccc21. The first-order chi connectivity index (χ1) is 8.66. The molecule has 0 atom stereocenters. The van der Waals surface area contributed by atoms with Gasteiger partial charge in [0.25, 0.3) is 0 Å². The van der Waals surface area contributed by atoms with E-state index in [0.717, 1.165) is 0 Å². The zero-order chi connectivity index (χ0) is 12.7. The first-order valence-corrected chi connectivity index (χ1v) is 5.32. The highest BCUT2D eigenvalue weighted by Crippen LogP contribution is 2.28. The van der Waals surface area contributed by atoms with Crippen molar-refractivity contribution < 1.29 is 18.7 Å².